The van der Waals surface area contributed by atoms with Crippen molar-refractivity contribution in [3.05, 3.63) is 93.9 Å². The Balaban J connectivity index is 1.35. The van der Waals surface area contributed by atoms with Gasteiger partial charge in [-0.15, -0.1) is 0 Å². The van der Waals surface area contributed by atoms with Crippen LogP contribution in [-0.4, -0.2) is 30.8 Å². The molecule has 0 aliphatic carbocycles. The van der Waals surface area contributed by atoms with Gasteiger partial charge in [-0.05, 0) is 31.2 Å². The third-order valence-electron chi connectivity index (χ3n) is 6.18. The van der Waals surface area contributed by atoms with Crippen LogP contribution in [0.2, 0.25) is 0 Å². The number of hydrogen-bond donors (Lipinski definition) is 3. The molecule has 0 saturated heterocycles. The van der Waals surface area contributed by atoms with Gasteiger partial charge < -0.3 is 15.0 Å². The Kier molecular flexibility index (Phi) is 7.59. The minimum absolute atomic E-state index is 0.0519. The van der Waals surface area contributed by atoms with Crippen LogP contribution in [-0.2, 0) is 10.7 Å². The zero-order valence-corrected chi connectivity index (χ0v) is 24.3. The van der Waals surface area contributed by atoms with Crippen molar-refractivity contribution >= 4 is 44.6 Å². The van der Waals surface area contributed by atoms with E-state index in [1.165, 1.54) is 24.4 Å². The monoisotopic (exact) mass is 619 g/mol. The summed E-state index contributed by atoms with van der Waals surface area (Å²) in [5.41, 5.74) is 2.80. The Hall–Kier alpha value is -4.58. The summed E-state index contributed by atoms with van der Waals surface area (Å²) in [6.07, 6.45) is 1.48. The predicted molar refractivity (Wildman–Crippen MR) is 159 cm³/mol. The number of benzene rings is 2. The lowest BCUT2D eigenvalue weighted by Gasteiger charge is -2.14. The van der Waals surface area contributed by atoms with Gasteiger partial charge >= 0.3 is 6.03 Å². The summed E-state index contributed by atoms with van der Waals surface area (Å²) in [7, 11) is 0. The summed E-state index contributed by atoms with van der Waals surface area (Å²) in [5.74, 6) is 0.120. The molecule has 5 rings (SSSR count). The van der Waals surface area contributed by atoms with Crippen molar-refractivity contribution in [1.29, 1.82) is 0 Å². The van der Waals surface area contributed by atoms with Crippen molar-refractivity contribution in [2.75, 3.05) is 10.6 Å². The highest BCUT2D eigenvalue weighted by atomic mass is 79.9. The second-order valence-electron chi connectivity index (χ2n) is 10.4. The number of rotatable bonds is 6. The fraction of sp³-hybridized carbons (Fsp3) is 0.207. The first kappa shape index (κ1) is 28.0. The molecule has 12 heteroatoms. The fourth-order valence-electron chi connectivity index (χ4n) is 3.95. The van der Waals surface area contributed by atoms with Crippen LogP contribution in [0.15, 0.2) is 65.6 Å². The van der Waals surface area contributed by atoms with Crippen LogP contribution in [0, 0.1) is 12.7 Å². The van der Waals surface area contributed by atoms with Gasteiger partial charge in [-0.2, -0.15) is 5.10 Å². The highest BCUT2D eigenvalue weighted by Gasteiger charge is 2.22. The van der Waals surface area contributed by atoms with E-state index in [0.717, 1.165) is 23.0 Å². The molecule has 0 radical (unpaired) electrons. The maximum atomic E-state index is 15.0. The molecule has 10 nitrogen and oxygen atoms in total. The average Bonchev–Trinajstić information content (AvgIpc) is 3.35. The number of fused-ring (bicyclic) bond motifs is 1. The van der Waals surface area contributed by atoms with Gasteiger partial charge in [0.05, 0.1) is 22.4 Å². The van der Waals surface area contributed by atoms with Crippen molar-refractivity contribution in [2.45, 2.75) is 38.4 Å². The van der Waals surface area contributed by atoms with Gasteiger partial charge in [0.15, 0.2) is 11.4 Å². The van der Waals surface area contributed by atoms with E-state index < -0.39 is 11.8 Å². The highest BCUT2D eigenvalue weighted by molar-refractivity contribution is 9.08. The fourth-order valence-corrected chi connectivity index (χ4v) is 4.33. The number of pyridine rings is 1. The van der Waals surface area contributed by atoms with Gasteiger partial charge in [-0.25, -0.2) is 23.8 Å². The largest absolute Gasteiger partial charge is 0.455 e. The van der Waals surface area contributed by atoms with Gasteiger partial charge in [-0.1, -0.05) is 54.4 Å². The molecule has 0 bridgehead atoms. The maximum absolute atomic E-state index is 15.0. The van der Waals surface area contributed by atoms with Crippen LogP contribution in [0.25, 0.3) is 16.9 Å². The standard InChI is InChI=1S/C29H27BrFN7O3/c1-16-5-7-17(8-6-16)38-24(14-23(37-38)29(2,3)4)35-28(40)34-20-10-9-18(13-19(20)31)41-22-11-12-32-26-25(22)36-27(39)21(15-30)33-26/h5-14H,15H2,1-4H3,(H,36,39)(H2,34,35,40). The number of hydrogen-bond acceptors (Lipinski definition) is 6. The molecule has 3 aromatic heterocycles. The lowest BCUT2D eigenvalue weighted by Crippen LogP contribution is -2.22. The third kappa shape index (κ3) is 6.12. The molecular weight excluding hydrogens is 593 g/mol. The summed E-state index contributed by atoms with van der Waals surface area (Å²) in [5, 5.41) is 10.3. The molecule has 5 aromatic rings. The molecule has 2 amide bonds. The molecule has 2 aromatic carbocycles. The van der Waals surface area contributed by atoms with E-state index in [1.54, 1.807) is 10.7 Å². The van der Waals surface area contributed by atoms with Gasteiger partial charge in [0.1, 0.15) is 28.6 Å². The SMILES string of the molecule is Cc1ccc(-n2nc(C(C)(C)C)cc2NC(=O)Nc2ccc(Oc3ccnc4nc(CBr)c(=O)[nH]c34)cc2F)cc1. The van der Waals surface area contributed by atoms with Gasteiger partial charge in [-0.3, -0.25) is 10.1 Å². The molecule has 0 aliphatic rings. The molecule has 3 heterocycles. The molecule has 41 heavy (non-hydrogen) atoms. The normalized spacial score (nSPS) is 11.5. The van der Waals surface area contributed by atoms with Crippen molar-refractivity contribution in [1.82, 2.24) is 24.7 Å². The zero-order valence-electron chi connectivity index (χ0n) is 22.8. The number of H-pyrrole nitrogens is 1. The first-order valence-electron chi connectivity index (χ1n) is 12.7. The maximum Gasteiger partial charge on any atom is 0.324 e. The zero-order chi connectivity index (χ0) is 29.3. The summed E-state index contributed by atoms with van der Waals surface area (Å²) in [6.45, 7) is 8.08. The number of halogens is 2. The lowest BCUT2D eigenvalue weighted by molar-refractivity contribution is 0.262. The molecule has 0 aliphatic heterocycles. The second kappa shape index (κ2) is 11.1. The summed E-state index contributed by atoms with van der Waals surface area (Å²) in [4.78, 5) is 36.2. The van der Waals surface area contributed by atoms with Gasteiger partial charge in [0.2, 0.25) is 0 Å². The first-order chi connectivity index (χ1) is 19.5. The van der Waals surface area contributed by atoms with E-state index in [4.69, 9.17) is 9.84 Å². The van der Waals surface area contributed by atoms with Crippen molar-refractivity contribution in [3.63, 3.8) is 0 Å². The van der Waals surface area contributed by atoms with Crippen LogP contribution < -0.4 is 20.9 Å². The Morgan fingerprint density at radius 3 is 2.54 bits per heavy atom. The van der Waals surface area contributed by atoms with Crippen LogP contribution in [0.1, 0.15) is 37.7 Å². The molecule has 0 spiro atoms. The van der Waals surface area contributed by atoms with E-state index in [-0.39, 0.29) is 50.3 Å². The van der Waals surface area contributed by atoms with Crippen LogP contribution in [0.4, 0.5) is 20.7 Å². The number of carbonyl (C=O) groups excluding carboxylic acids is 1. The van der Waals surface area contributed by atoms with Crippen molar-refractivity contribution in [2.24, 2.45) is 0 Å². The number of aromatic nitrogens is 5. The number of aryl methyl sites for hydroxylation is 1. The van der Waals surface area contributed by atoms with E-state index in [2.05, 4.69) is 41.5 Å². The smallest absolute Gasteiger partial charge is 0.324 e. The number of urea groups is 1. The Bertz CT molecular complexity index is 1810. The Morgan fingerprint density at radius 1 is 1.10 bits per heavy atom. The quantitative estimate of drug-likeness (QED) is 0.184. The highest BCUT2D eigenvalue weighted by Crippen LogP contribution is 2.30. The van der Waals surface area contributed by atoms with Crippen LogP contribution >= 0.6 is 15.9 Å². The number of anilines is 2. The topological polar surface area (TPSA) is 127 Å². The number of alkyl halides is 1. The molecule has 210 valence electrons. The van der Waals surface area contributed by atoms with Gasteiger partial charge in [0, 0.05) is 29.8 Å². The Morgan fingerprint density at radius 2 is 1.85 bits per heavy atom. The lowest BCUT2D eigenvalue weighted by atomic mass is 9.92. The minimum atomic E-state index is -0.716. The molecule has 0 unspecified atom stereocenters. The molecule has 3 N–H and O–H groups in total. The predicted octanol–water partition coefficient (Wildman–Crippen LogP) is 6.58. The average molecular weight is 620 g/mol. The van der Waals surface area contributed by atoms with Crippen LogP contribution in [0.5, 0.6) is 11.5 Å². The van der Waals surface area contributed by atoms with Crippen molar-refractivity contribution in [3.8, 4) is 17.2 Å². The number of amides is 2. The molecular formula is C29H27BrFN7O3. The second-order valence-corrected chi connectivity index (χ2v) is 10.9. The number of ether oxygens (including phenoxy) is 1. The summed E-state index contributed by atoms with van der Waals surface area (Å²) >= 11 is 3.22. The number of carbonyl (C=O) groups is 1. The van der Waals surface area contributed by atoms with E-state index in [0.29, 0.717) is 5.82 Å². The van der Waals surface area contributed by atoms with E-state index >= 15 is 4.39 Å². The van der Waals surface area contributed by atoms with Crippen molar-refractivity contribution < 1.29 is 13.9 Å². The molecule has 0 saturated carbocycles. The van der Waals surface area contributed by atoms with E-state index in [9.17, 15) is 9.59 Å². The number of aromatic amines is 1. The van der Waals surface area contributed by atoms with Gasteiger partial charge in [0.25, 0.3) is 5.56 Å². The molecule has 0 fully saturated rings. The summed E-state index contributed by atoms with van der Waals surface area (Å²) in [6, 6.07) is 14.4. The third-order valence-corrected chi connectivity index (χ3v) is 6.71. The first-order valence-corrected chi connectivity index (χ1v) is 13.8. The van der Waals surface area contributed by atoms with E-state index in [1.807, 2.05) is 52.0 Å². The Labute approximate surface area is 243 Å². The van der Waals surface area contributed by atoms with Crippen LogP contribution in [0.3, 0.4) is 0 Å². The summed E-state index contributed by atoms with van der Waals surface area (Å²) < 4.78 is 22.5. The number of nitrogens with zero attached hydrogens (tertiary/aromatic N) is 4. The minimum Gasteiger partial charge on any atom is -0.455 e. The number of nitrogens with one attached hydrogen (secondary N) is 3. The molecule has 0 atom stereocenters.